The van der Waals surface area contributed by atoms with Gasteiger partial charge in [0.05, 0.1) is 0 Å². The quantitative estimate of drug-likeness (QED) is 0.833. The van der Waals surface area contributed by atoms with Gasteiger partial charge in [-0.15, -0.1) is 0 Å². The molecule has 1 aromatic carbocycles. The molecule has 0 aliphatic carbocycles. The van der Waals surface area contributed by atoms with E-state index in [4.69, 9.17) is 14.2 Å². The van der Waals surface area contributed by atoms with Gasteiger partial charge in [-0.25, -0.2) is 9.18 Å². The van der Waals surface area contributed by atoms with Crippen LogP contribution in [0, 0.1) is 5.82 Å². The van der Waals surface area contributed by atoms with Crippen LogP contribution in [0.4, 0.5) is 4.39 Å². The minimum atomic E-state index is -0.454. The fourth-order valence-electron chi connectivity index (χ4n) is 2.83. The normalized spacial score (nSPS) is 28.4. The highest BCUT2D eigenvalue weighted by molar-refractivity contribution is 5.74. The SMILES string of the molecule is CCCO[C@H]1[C@H](C)OC(=O)[C@@H]([NH3+])CCC[C@@H]1Oc1cccc(F)c1. The van der Waals surface area contributed by atoms with Crippen LogP contribution in [0.3, 0.4) is 0 Å². The molecule has 5 nitrogen and oxygen atoms in total. The van der Waals surface area contributed by atoms with Gasteiger partial charge in [-0.2, -0.15) is 0 Å². The van der Waals surface area contributed by atoms with Gasteiger partial charge in [-0.1, -0.05) is 13.0 Å². The van der Waals surface area contributed by atoms with Gasteiger partial charge in [0.2, 0.25) is 0 Å². The van der Waals surface area contributed by atoms with Crippen molar-refractivity contribution in [3.05, 3.63) is 30.1 Å². The molecular weight excluding hydrogens is 313 g/mol. The number of carbonyl (C=O) groups excluding carboxylic acids is 1. The Morgan fingerprint density at radius 1 is 1.38 bits per heavy atom. The molecule has 3 N–H and O–H groups in total. The summed E-state index contributed by atoms with van der Waals surface area (Å²) in [6.07, 6.45) is 1.77. The highest BCUT2D eigenvalue weighted by Gasteiger charge is 2.35. The predicted molar refractivity (Wildman–Crippen MR) is 86.9 cm³/mol. The molecule has 0 radical (unpaired) electrons. The Kier molecular flexibility index (Phi) is 6.99. The summed E-state index contributed by atoms with van der Waals surface area (Å²) in [7, 11) is 0. The first-order valence-corrected chi connectivity index (χ1v) is 8.58. The number of hydrogen-bond acceptors (Lipinski definition) is 4. The molecule has 0 spiro atoms. The first-order valence-electron chi connectivity index (χ1n) is 8.58. The van der Waals surface area contributed by atoms with Crippen LogP contribution < -0.4 is 10.5 Å². The Morgan fingerprint density at radius 3 is 2.88 bits per heavy atom. The second-order valence-electron chi connectivity index (χ2n) is 6.22. The van der Waals surface area contributed by atoms with E-state index in [1.165, 1.54) is 12.1 Å². The minimum Gasteiger partial charge on any atom is -0.487 e. The molecule has 0 bridgehead atoms. The lowest BCUT2D eigenvalue weighted by atomic mass is 10.0. The summed E-state index contributed by atoms with van der Waals surface area (Å²) in [4.78, 5) is 12.0. The Bertz CT molecular complexity index is 540. The summed E-state index contributed by atoms with van der Waals surface area (Å²) in [5, 5.41) is 0. The van der Waals surface area contributed by atoms with Crippen LogP contribution in [0.5, 0.6) is 5.75 Å². The van der Waals surface area contributed by atoms with Crippen LogP contribution in [0.2, 0.25) is 0 Å². The van der Waals surface area contributed by atoms with Gasteiger partial charge in [0, 0.05) is 19.1 Å². The van der Waals surface area contributed by atoms with Gasteiger partial charge in [-0.3, -0.25) is 0 Å². The average molecular weight is 340 g/mol. The largest absolute Gasteiger partial charge is 0.487 e. The van der Waals surface area contributed by atoms with Crippen LogP contribution in [-0.4, -0.2) is 36.9 Å². The molecule has 1 fully saturated rings. The van der Waals surface area contributed by atoms with E-state index < -0.39 is 12.2 Å². The third-order valence-electron chi connectivity index (χ3n) is 4.10. The van der Waals surface area contributed by atoms with Crippen molar-refractivity contribution in [2.24, 2.45) is 0 Å². The molecule has 134 valence electrons. The topological polar surface area (TPSA) is 72.4 Å². The van der Waals surface area contributed by atoms with Gasteiger partial charge >= 0.3 is 5.97 Å². The lowest BCUT2D eigenvalue weighted by Gasteiger charge is -2.31. The van der Waals surface area contributed by atoms with E-state index in [0.29, 0.717) is 25.2 Å². The second kappa shape index (κ2) is 8.99. The number of carbonyl (C=O) groups is 1. The van der Waals surface area contributed by atoms with Gasteiger partial charge in [0.1, 0.15) is 29.9 Å². The smallest absolute Gasteiger partial charge is 0.365 e. The minimum absolute atomic E-state index is 0.306. The summed E-state index contributed by atoms with van der Waals surface area (Å²) >= 11 is 0. The van der Waals surface area contributed by atoms with Crippen molar-refractivity contribution >= 4 is 5.97 Å². The third-order valence-corrected chi connectivity index (χ3v) is 4.10. The molecule has 0 amide bonds. The van der Waals surface area contributed by atoms with E-state index in [-0.39, 0.29) is 23.9 Å². The Labute approximate surface area is 142 Å². The zero-order valence-corrected chi connectivity index (χ0v) is 14.4. The molecule has 6 heteroatoms. The van der Waals surface area contributed by atoms with Gasteiger partial charge < -0.3 is 19.9 Å². The lowest BCUT2D eigenvalue weighted by Crippen LogP contribution is -2.65. The maximum absolute atomic E-state index is 13.4. The molecule has 1 aliphatic heterocycles. The second-order valence-corrected chi connectivity index (χ2v) is 6.22. The van der Waals surface area contributed by atoms with Crippen LogP contribution >= 0.6 is 0 Å². The third kappa shape index (κ3) is 5.18. The number of quaternary nitrogens is 1. The Hall–Kier alpha value is -1.66. The maximum atomic E-state index is 13.4. The summed E-state index contributed by atoms with van der Waals surface area (Å²) in [6, 6.07) is 5.67. The number of esters is 1. The van der Waals surface area contributed by atoms with Crippen LogP contribution in [-0.2, 0) is 14.3 Å². The van der Waals surface area contributed by atoms with Crippen LogP contribution in [0.15, 0.2) is 24.3 Å². The fraction of sp³-hybridized carbons (Fsp3) is 0.611. The number of benzene rings is 1. The highest BCUT2D eigenvalue weighted by Crippen LogP contribution is 2.24. The van der Waals surface area contributed by atoms with Crippen molar-refractivity contribution in [2.45, 2.75) is 63.9 Å². The number of rotatable bonds is 5. The number of cyclic esters (lactones) is 1. The van der Waals surface area contributed by atoms with E-state index in [1.54, 1.807) is 19.1 Å². The monoisotopic (exact) mass is 340 g/mol. The van der Waals surface area contributed by atoms with Crippen molar-refractivity contribution < 1.29 is 29.1 Å². The van der Waals surface area contributed by atoms with Gasteiger partial charge in [0.25, 0.3) is 0 Å². The molecule has 2 rings (SSSR count). The molecule has 0 unspecified atom stereocenters. The van der Waals surface area contributed by atoms with E-state index in [2.05, 4.69) is 5.73 Å². The van der Waals surface area contributed by atoms with E-state index in [0.717, 1.165) is 12.8 Å². The first-order chi connectivity index (χ1) is 11.5. The van der Waals surface area contributed by atoms with Crippen molar-refractivity contribution in [3.8, 4) is 5.75 Å². The molecule has 1 aliphatic rings. The van der Waals surface area contributed by atoms with Crippen molar-refractivity contribution in [2.75, 3.05) is 6.61 Å². The molecule has 0 saturated carbocycles. The molecule has 4 atom stereocenters. The number of hydrogen-bond donors (Lipinski definition) is 1. The van der Waals surface area contributed by atoms with Gasteiger partial charge in [0.15, 0.2) is 6.04 Å². The first kappa shape index (κ1) is 18.7. The van der Waals surface area contributed by atoms with E-state index in [1.807, 2.05) is 6.92 Å². The molecule has 1 saturated heterocycles. The molecular formula is C18H27FNO4+. The molecule has 1 aromatic rings. The number of ether oxygens (including phenoxy) is 3. The zero-order valence-electron chi connectivity index (χ0n) is 14.4. The van der Waals surface area contributed by atoms with Crippen molar-refractivity contribution in [1.82, 2.24) is 0 Å². The van der Waals surface area contributed by atoms with Gasteiger partial charge in [-0.05, 0) is 38.3 Å². The van der Waals surface area contributed by atoms with Crippen molar-refractivity contribution in [3.63, 3.8) is 0 Å². The molecule has 1 heterocycles. The standard InChI is InChI=1S/C18H26FNO4/c1-3-10-22-17-12(2)23-18(21)15(20)8-5-9-16(17)24-14-7-4-6-13(19)11-14/h4,6-7,11-12,15-17H,3,5,8-10,20H2,1-2H3/p+1/t12-,15-,16-,17-/m0/s1. The lowest BCUT2D eigenvalue weighted by molar-refractivity contribution is -0.410. The summed E-state index contributed by atoms with van der Waals surface area (Å²) in [5.41, 5.74) is 3.86. The average Bonchev–Trinajstić information content (AvgIpc) is 2.58. The maximum Gasteiger partial charge on any atom is 0.365 e. The summed E-state index contributed by atoms with van der Waals surface area (Å²) in [5.74, 6) is -0.202. The van der Waals surface area contributed by atoms with E-state index in [9.17, 15) is 9.18 Å². The fourth-order valence-corrected chi connectivity index (χ4v) is 2.83. The Morgan fingerprint density at radius 2 is 2.17 bits per heavy atom. The zero-order chi connectivity index (χ0) is 17.5. The summed E-state index contributed by atoms with van der Waals surface area (Å²) in [6.45, 7) is 4.36. The van der Waals surface area contributed by atoms with Crippen LogP contribution in [0.1, 0.15) is 39.5 Å². The van der Waals surface area contributed by atoms with Crippen LogP contribution in [0.25, 0.3) is 0 Å². The molecule has 0 aromatic heterocycles. The predicted octanol–water partition coefficient (Wildman–Crippen LogP) is 2.09. The number of halogens is 1. The molecule has 24 heavy (non-hydrogen) atoms. The van der Waals surface area contributed by atoms with Crippen molar-refractivity contribution in [1.29, 1.82) is 0 Å². The Balaban J connectivity index is 2.19. The van der Waals surface area contributed by atoms with E-state index >= 15 is 0 Å². The highest BCUT2D eigenvalue weighted by atomic mass is 19.1. The summed E-state index contributed by atoms with van der Waals surface area (Å²) < 4.78 is 30.8.